The van der Waals surface area contributed by atoms with Crippen molar-refractivity contribution in [3.63, 3.8) is 0 Å². The van der Waals surface area contributed by atoms with Gasteiger partial charge in [0.15, 0.2) is 0 Å². The minimum atomic E-state index is -0.820. The SMILES string of the molecule is CCCCCCCCCCCCCCCCCCCCCCCCCCCOC(=O)C(=O)OCCCCCCCCCCCCCCCCCCCCCCCCCCC. The molecule has 4 heteroatoms. The standard InChI is InChI=1S/C56H110O4/c1-3-5-7-9-11-13-15-17-19-21-23-25-27-29-31-33-35-37-39-41-43-45-47-49-51-53-59-55(57)56(58)60-54-52-50-48-46-44-42-40-38-36-34-32-30-28-26-24-22-20-18-16-14-12-10-8-6-4-2/h3-54H2,1-2H3. The third kappa shape index (κ3) is 51.3. The molecule has 0 unspecified atom stereocenters. The molecule has 0 aromatic rings. The predicted molar refractivity (Wildman–Crippen MR) is 264 cm³/mol. The van der Waals surface area contributed by atoms with Crippen LogP contribution >= 0.6 is 0 Å². The van der Waals surface area contributed by atoms with Crippen molar-refractivity contribution >= 4 is 11.9 Å². The van der Waals surface area contributed by atoms with Crippen LogP contribution in [-0.4, -0.2) is 25.2 Å². The summed E-state index contributed by atoms with van der Waals surface area (Å²) in [5.41, 5.74) is 0. The van der Waals surface area contributed by atoms with E-state index >= 15 is 0 Å². The monoisotopic (exact) mass is 847 g/mol. The molecule has 0 heterocycles. The third-order valence-corrected chi connectivity index (χ3v) is 13.1. The maximum atomic E-state index is 12.0. The van der Waals surface area contributed by atoms with Gasteiger partial charge in [0.2, 0.25) is 0 Å². The first-order valence-electron chi connectivity index (χ1n) is 28.1. The lowest BCUT2D eigenvalue weighted by Gasteiger charge is -2.06. The van der Waals surface area contributed by atoms with Crippen molar-refractivity contribution in [2.24, 2.45) is 0 Å². The van der Waals surface area contributed by atoms with Crippen molar-refractivity contribution in [3.8, 4) is 0 Å². The Bertz CT molecular complexity index is 745. The van der Waals surface area contributed by atoms with Crippen LogP contribution in [0.1, 0.15) is 335 Å². The van der Waals surface area contributed by atoms with Crippen LogP contribution in [0.25, 0.3) is 0 Å². The average Bonchev–Trinajstić information content (AvgIpc) is 3.25. The Balaban J connectivity index is 3.23. The van der Waals surface area contributed by atoms with Gasteiger partial charge in [0.05, 0.1) is 13.2 Å². The molecule has 0 aliphatic rings. The van der Waals surface area contributed by atoms with Crippen molar-refractivity contribution in [1.29, 1.82) is 0 Å². The zero-order chi connectivity index (χ0) is 43.3. The van der Waals surface area contributed by atoms with Crippen molar-refractivity contribution in [3.05, 3.63) is 0 Å². The molecular weight excluding hydrogens is 737 g/mol. The summed E-state index contributed by atoms with van der Waals surface area (Å²) in [6.45, 7) is 5.25. The second kappa shape index (κ2) is 54.1. The first-order valence-corrected chi connectivity index (χ1v) is 28.1. The van der Waals surface area contributed by atoms with Gasteiger partial charge in [-0.3, -0.25) is 0 Å². The van der Waals surface area contributed by atoms with E-state index in [1.165, 1.54) is 295 Å². The van der Waals surface area contributed by atoms with Gasteiger partial charge in [-0.05, 0) is 12.8 Å². The Hall–Kier alpha value is -1.06. The Morgan fingerprint density at radius 3 is 0.450 bits per heavy atom. The maximum Gasteiger partial charge on any atom is 0.417 e. The smallest absolute Gasteiger partial charge is 0.417 e. The van der Waals surface area contributed by atoms with Crippen LogP contribution in [0.5, 0.6) is 0 Å². The van der Waals surface area contributed by atoms with Gasteiger partial charge in [0.25, 0.3) is 0 Å². The normalized spacial score (nSPS) is 11.4. The molecule has 0 atom stereocenters. The van der Waals surface area contributed by atoms with E-state index in [0.717, 1.165) is 25.7 Å². The molecule has 0 aromatic heterocycles. The molecule has 0 spiro atoms. The van der Waals surface area contributed by atoms with Crippen molar-refractivity contribution in [1.82, 2.24) is 0 Å². The lowest BCUT2D eigenvalue weighted by Crippen LogP contribution is -2.21. The fourth-order valence-electron chi connectivity index (χ4n) is 8.93. The van der Waals surface area contributed by atoms with Crippen LogP contribution in [0, 0.1) is 0 Å². The van der Waals surface area contributed by atoms with Crippen LogP contribution in [-0.2, 0) is 19.1 Å². The van der Waals surface area contributed by atoms with E-state index < -0.39 is 11.9 Å². The molecule has 0 aromatic carbocycles. The summed E-state index contributed by atoms with van der Waals surface area (Å²) in [5.74, 6) is -1.64. The van der Waals surface area contributed by atoms with Gasteiger partial charge < -0.3 is 9.47 Å². The van der Waals surface area contributed by atoms with Gasteiger partial charge in [-0.15, -0.1) is 0 Å². The molecule has 0 saturated carbocycles. The first kappa shape index (κ1) is 58.9. The lowest BCUT2D eigenvalue weighted by atomic mass is 10.0. The van der Waals surface area contributed by atoms with Gasteiger partial charge in [0.1, 0.15) is 0 Å². The summed E-state index contributed by atoms with van der Waals surface area (Å²) in [5, 5.41) is 0. The largest absolute Gasteiger partial charge is 0.457 e. The van der Waals surface area contributed by atoms with Gasteiger partial charge in [0, 0.05) is 0 Å². The third-order valence-electron chi connectivity index (χ3n) is 13.1. The fourth-order valence-corrected chi connectivity index (χ4v) is 8.93. The molecule has 0 aliphatic heterocycles. The van der Waals surface area contributed by atoms with E-state index in [1.807, 2.05) is 0 Å². The highest BCUT2D eigenvalue weighted by Crippen LogP contribution is 2.18. The lowest BCUT2D eigenvalue weighted by molar-refractivity contribution is -0.167. The van der Waals surface area contributed by atoms with Crippen molar-refractivity contribution < 1.29 is 19.1 Å². The molecule has 0 radical (unpaired) electrons. The number of unbranched alkanes of at least 4 members (excludes halogenated alkanes) is 48. The number of ether oxygens (including phenoxy) is 2. The molecule has 0 aliphatic carbocycles. The van der Waals surface area contributed by atoms with Crippen LogP contribution in [0.3, 0.4) is 0 Å². The topological polar surface area (TPSA) is 52.6 Å². The minimum absolute atomic E-state index is 0.326. The number of rotatable bonds is 52. The number of carbonyl (C=O) groups excluding carboxylic acids is 2. The number of hydrogen-bond acceptors (Lipinski definition) is 4. The van der Waals surface area contributed by atoms with E-state index in [0.29, 0.717) is 13.2 Å². The second-order valence-corrected chi connectivity index (χ2v) is 19.2. The number of carbonyl (C=O) groups is 2. The highest BCUT2D eigenvalue weighted by Gasteiger charge is 2.16. The Morgan fingerprint density at radius 1 is 0.200 bits per heavy atom. The molecule has 0 N–H and O–H groups in total. The Kier molecular flexibility index (Phi) is 53.1. The van der Waals surface area contributed by atoms with E-state index in [2.05, 4.69) is 13.8 Å². The van der Waals surface area contributed by atoms with E-state index in [9.17, 15) is 9.59 Å². The molecule has 4 nitrogen and oxygen atoms in total. The van der Waals surface area contributed by atoms with Crippen LogP contribution in [0.15, 0.2) is 0 Å². The van der Waals surface area contributed by atoms with Crippen LogP contribution < -0.4 is 0 Å². The Morgan fingerprint density at radius 2 is 0.317 bits per heavy atom. The van der Waals surface area contributed by atoms with Crippen LogP contribution in [0.4, 0.5) is 0 Å². The zero-order valence-electron chi connectivity index (χ0n) is 41.4. The van der Waals surface area contributed by atoms with Crippen molar-refractivity contribution in [2.45, 2.75) is 335 Å². The summed E-state index contributed by atoms with van der Waals surface area (Å²) in [6, 6.07) is 0. The predicted octanol–water partition coefficient (Wildman–Crippen LogP) is 19.6. The number of esters is 2. The molecule has 60 heavy (non-hydrogen) atoms. The molecule has 0 rings (SSSR count). The highest BCUT2D eigenvalue weighted by molar-refractivity contribution is 6.29. The summed E-state index contributed by atoms with van der Waals surface area (Å²) < 4.78 is 10.3. The summed E-state index contributed by atoms with van der Waals surface area (Å²) >= 11 is 0. The molecule has 358 valence electrons. The van der Waals surface area contributed by atoms with E-state index in [1.54, 1.807) is 0 Å². The summed E-state index contributed by atoms with van der Waals surface area (Å²) in [6.07, 6.45) is 68.5. The van der Waals surface area contributed by atoms with Gasteiger partial charge in [-0.2, -0.15) is 0 Å². The van der Waals surface area contributed by atoms with Gasteiger partial charge >= 0.3 is 11.9 Å². The summed E-state index contributed by atoms with van der Waals surface area (Å²) in [7, 11) is 0. The second-order valence-electron chi connectivity index (χ2n) is 19.2. The Labute approximate surface area is 377 Å². The van der Waals surface area contributed by atoms with Crippen LogP contribution in [0.2, 0.25) is 0 Å². The highest BCUT2D eigenvalue weighted by atomic mass is 16.6. The molecule has 0 fully saturated rings. The average molecular weight is 847 g/mol. The summed E-state index contributed by atoms with van der Waals surface area (Å²) in [4.78, 5) is 23.9. The first-order chi connectivity index (χ1) is 29.7. The quantitative estimate of drug-likeness (QED) is 0.0348. The number of hydrogen-bond donors (Lipinski definition) is 0. The van der Waals surface area contributed by atoms with Gasteiger partial charge in [-0.25, -0.2) is 9.59 Å². The van der Waals surface area contributed by atoms with Gasteiger partial charge in [-0.1, -0.05) is 322 Å². The fraction of sp³-hybridized carbons (Fsp3) is 0.964. The zero-order valence-corrected chi connectivity index (χ0v) is 41.4. The maximum absolute atomic E-state index is 12.0. The molecule has 0 saturated heterocycles. The molecule has 0 amide bonds. The molecular formula is C56H110O4. The van der Waals surface area contributed by atoms with E-state index in [-0.39, 0.29) is 0 Å². The van der Waals surface area contributed by atoms with E-state index in [4.69, 9.17) is 9.47 Å². The van der Waals surface area contributed by atoms with Crippen molar-refractivity contribution in [2.75, 3.05) is 13.2 Å². The minimum Gasteiger partial charge on any atom is -0.457 e. The molecule has 0 bridgehead atoms.